The van der Waals surface area contributed by atoms with Crippen LogP contribution in [0.2, 0.25) is 0 Å². The molecule has 0 saturated carbocycles. The van der Waals surface area contributed by atoms with Crippen LogP contribution in [-0.2, 0) is 14.3 Å². The van der Waals surface area contributed by atoms with Crippen molar-refractivity contribution in [2.24, 2.45) is 11.8 Å². The molecule has 98 valence electrons. The number of carboxylic acid groups (broad SMARTS) is 1. The van der Waals surface area contributed by atoms with Crippen molar-refractivity contribution in [3.05, 3.63) is 12.7 Å². The van der Waals surface area contributed by atoms with Gasteiger partial charge in [-0.25, -0.2) is 0 Å². The van der Waals surface area contributed by atoms with Gasteiger partial charge in [-0.3, -0.25) is 9.59 Å². The number of aliphatic carboxylic acids is 1. The average molecular weight is 243 g/mol. The largest absolute Gasteiger partial charge is 0.481 e. The first-order valence-corrected chi connectivity index (χ1v) is 5.69. The topological polar surface area (TPSA) is 75.6 Å². The molecule has 0 bridgehead atoms. The summed E-state index contributed by atoms with van der Waals surface area (Å²) in [5.41, 5.74) is 0. The van der Waals surface area contributed by atoms with Gasteiger partial charge in [-0.2, -0.15) is 0 Å². The molecule has 2 unspecified atom stereocenters. The van der Waals surface area contributed by atoms with Gasteiger partial charge in [0.1, 0.15) is 0 Å². The van der Waals surface area contributed by atoms with Gasteiger partial charge in [0.15, 0.2) is 0 Å². The van der Waals surface area contributed by atoms with Crippen molar-refractivity contribution >= 4 is 11.9 Å². The summed E-state index contributed by atoms with van der Waals surface area (Å²) in [6.45, 7) is 8.09. The minimum atomic E-state index is -0.963. The van der Waals surface area contributed by atoms with Crippen LogP contribution in [0.4, 0.5) is 0 Å². The molecule has 5 nitrogen and oxygen atoms in total. The fourth-order valence-corrected chi connectivity index (χ4v) is 1.12. The van der Waals surface area contributed by atoms with Crippen molar-refractivity contribution in [1.82, 2.24) is 5.32 Å². The first-order valence-electron chi connectivity index (χ1n) is 5.69. The van der Waals surface area contributed by atoms with E-state index in [1.165, 1.54) is 6.92 Å². The maximum Gasteiger partial charge on any atom is 0.307 e. The Balaban J connectivity index is 3.71. The van der Waals surface area contributed by atoms with Gasteiger partial charge >= 0.3 is 5.97 Å². The third kappa shape index (κ3) is 6.73. The van der Waals surface area contributed by atoms with Gasteiger partial charge in [0, 0.05) is 12.5 Å². The molecule has 0 aliphatic carbocycles. The Morgan fingerprint density at radius 3 is 2.53 bits per heavy atom. The first-order chi connectivity index (χ1) is 8.00. The molecule has 0 aromatic carbocycles. The molecule has 0 radical (unpaired) electrons. The number of amides is 1. The molecule has 1 amide bonds. The maximum absolute atomic E-state index is 11.5. The lowest BCUT2D eigenvalue weighted by atomic mass is 9.95. The molecular weight excluding hydrogens is 222 g/mol. The Kier molecular flexibility index (Phi) is 8.05. The van der Waals surface area contributed by atoms with Crippen molar-refractivity contribution < 1.29 is 19.4 Å². The molecule has 0 rings (SSSR count). The highest BCUT2D eigenvalue weighted by Gasteiger charge is 2.25. The second kappa shape index (κ2) is 8.75. The van der Waals surface area contributed by atoms with Gasteiger partial charge in [0.25, 0.3) is 0 Å². The van der Waals surface area contributed by atoms with E-state index in [9.17, 15) is 9.59 Å². The zero-order valence-corrected chi connectivity index (χ0v) is 10.4. The van der Waals surface area contributed by atoms with E-state index in [1.807, 2.05) is 0 Å². The Morgan fingerprint density at radius 2 is 2.00 bits per heavy atom. The summed E-state index contributed by atoms with van der Waals surface area (Å²) in [7, 11) is 0. The summed E-state index contributed by atoms with van der Waals surface area (Å²) in [6.07, 6.45) is 2.54. The van der Waals surface area contributed by atoms with Crippen LogP contribution in [0.1, 0.15) is 20.3 Å². The smallest absolute Gasteiger partial charge is 0.307 e. The summed E-state index contributed by atoms with van der Waals surface area (Å²) < 4.78 is 5.21. The van der Waals surface area contributed by atoms with Gasteiger partial charge in [-0.15, -0.1) is 6.58 Å². The van der Waals surface area contributed by atoms with E-state index in [0.29, 0.717) is 19.8 Å². The van der Waals surface area contributed by atoms with Crippen LogP contribution in [0, 0.1) is 11.8 Å². The van der Waals surface area contributed by atoms with Crippen molar-refractivity contribution in [1.29, 1.82) is 0 Å². The van der Waals surface area contributed by atoms with Crippen LogP contribution < -0.4 is 5.32 Å². The minimum absolute atomic E-state index is 0.257. The zero-order valence-electron chi connectivity index (χ0n) is 10.4. The lowest BCUT2D eigenvalue weighted by Crippen LogP contribution is -2.36. The number of hydrogen-bond donors (Lipinski definition) is 2. The summed E-state index contributed by atoms with van der Waals surface area (Å²) >= 11 is 0. The lowest BCUT2D eigenvalue weighted by molar-refractivity contribution is -0.146. The van der Waals surface area contributed by atoms with E-state index in [4.69, 9.17) is 9.84 Å². The van der Waals surface area contributed by atoms with Gasteiger partial charge in [0.05, 0.1) is 19.1 Å². The van der Waals surface area contributed by atoms with Crippen LogP contribution in [0.3, 0.4) is 0 Å². The normalized spacial score (nSPS) is 13.8. The summed E-state index contributed by atoms with van der Waals surface area (Å²) in [5.74, 6) is -2.44. The molecule has 0 aromatic heterocycles. The van der Waals surface area contributed by atoms with Gasteiger partial charge in [0.2, 0.25) is 5.91 Å². The molecule has 2 atom stereocenters. The van der Waals surface area contributed by atoms with Crippen LogP contribution in [-0.4, -0.2) is 36.7 Å². The highest BCUT2D eigenvalue weighted by molar-refractivity contribution is 5.84. The number of ether oxygens (including phenoxy) is 1. The highest BCUT2D eigenvalue weighted by Crippen LogP contribution is 2.10. The standard InChI is InChI=1S/C12H21NO4/c1-4-5-7-17-8-6-13-11(14)9(2)10(3)12(15)16/h4,9-10H,1,5-8H2,2-3H3,(H,13,14)(H,15,16). The molecule has 0 saturated heterocycles. The monoisotopic (exact) mass is 243 g/mol. The molecular formula is C12H21NO4. The summed E-state index contributed by atoms with van der Waals surface area (Å²) in [5, 5.41) is 11.4. The molecule has 0 aliphatic rings. The van der Waals surface area contributed by atoms with Crippen molar-refractivity contribution in [3.63, 3.8) is 0 Å². The molecule has 0 fully saturated rings. The SMILES string of the molecule is C=CCCOCCNC(=O)C(C)C(C)C(=O)O. The molecule has 0 heterocycles. The fourth-order valence-electron chi connectivity index (χ4n) is 1.12. The zero-order chi connectivity index (χ0) is 13.3. The number of rotatable bonds is 9. The Hall–Kier alpha value is -1.36. The van der Waals surface area contributed by atoms with Crippen LogP contribution in [0.25, 0.3) is 0 Å². The Labute approximate surface area is 102 Å². The summed E-state index contributed by atoms with van der Waals surface area (Å²) in [6, 6.07) is 0. The highest BCUT2D eigenvalue weighted by atomic mass is 16.5. The van der Waals surface area contributed by atoms with Crippen LogP contribution in [0.5, 0.6) is 0 Å². The van der Waals surface area contributed by atoms with Gasteiger partial charge in [-0.1, -0.05) is 19.9 Å². The molecule has 0 aromatic rings. The number of carboxylic acids is 1. The number of nitrogens with one attached hydrogen (secondary N) is 1. The molecule has 17 heavy (non-hydrogen) atoms. The molecule has 0 spiro atoms. The van der Waals surface area contributed by atoms with Crippen LogP contribution in [0.15, 0.2) is 12.7 Å². The second-order valence-corrected chi connectivity index (χ2v) is 3.90. The van der Waals surface area contributed by atoms with E-state index in [0.717, 1.165) is 6.42 Å². The van der Waals surface area contributed by atoms with Crippen molar-refractivity contribution in [2.45, 2.75) is 20.3 Å². The minimum Gasteiger partial charge on any atom is -0.481 e. The van der Waals surface area contributed by atoms with Gasteiger partial charge < -0.3 is 15.2 Å². The molecule has 2 N–H and O–H groups in total. The maximum atomic E-state index is 11.5. The van der Waals surface area contributed by atoms with Crippen molar-refractivity contribution in [2.75, 3.05) is 19.8 Å². The van der Waals surface area contributed by atoms with E-state index >= 15 is 0 Å². The lowest BCUT2D eigenvalue weighted by Gasteiger charge is -2.15. The predicted octanol–water partition coefficient (Wildman–Crippen LogP) is 1.05. The Morgan fingerprint density at radius 1 is 1.35 bits per heavy atom. The first kappa shape index (κ1) is 15.6. The Bertz CT molecular complexity index is 265. The molecule has 0 aliphatic heterocycles. The molecule has 5 heteroatoms. The van der Waals surface area contributed by atoms with E-state index in [-0.39, 0.29) is 5.91 Å². The third-order valence-electron chi connectivity index (χ3n) is 2.57. The van der Waals surface area contributed by atoms with Crippen LogP contribution >= 0.6 is 0 Å². The number of hydrogen-bond acceptors (Lipinski definition) is 3. The number of carbonyl (C=O) groups is 2. The van der Waals surface area contributed by atoms with E-state index < -0.39 is 17.8 Å². The van der Waals surface area contributed by atoms with E-state index in [2.05, 4.69) is 11.9 Å². The summed E-state index contributed by atoms with van der Waals surface area (Å²) in [4.78, 5) is 22.2. The average Bonchev–Trinajstić information content (AvgIpc) is 2.31. The van der Waals surface area contributed by atoms with E-state index in [1.54, 1.807) is 13.0 Å². The third-order valence-corrected chi connectivity index (χ3v) is 2.57. The fraction of sp³-hybridized carbons (Fsp3) is 0.667. The number of carbonyl (C=O) groups excluding carboxylic acids is 1. The quantitative estimate of drug-likeness (QED) is 0.469. The van der Waals surface area contributed by atoms with Crippen molar-refractivity contribution in [3.8, 4) is 0 Å². The predicted molar refractivity (Wildman–Crippen MR) is 64.6 cm³/mol. The van der Waals surface area contributed by atoms with Gasteiger partial charge in [-0.05, 0) is 6.42 Å². The second-order valence-electron chi connectivity index (χ2n) is 3.90.